The topological polar surface area (TPSA) is 59.9 Å². The zero-order valence-electron chi connectivity index (χ0n) is 11.5. The Morgan fingerprint density at radius 2 is 1.89 bits per heavy atom. The number of fused-ring (bicyclic) bond motifs is 1. The molecule has 1 heterocycles. The van der Waals surface area contributed by atoms with E-state index in [4.69, 9.17) is 4.74 Å². The number of ether oxygens (including phenoxy) is 1. The molecule has 0 saturated heterocycles. The maximum atomic E-state index is 5.52. The standard InChI is InChI=1S/C14H20N4O/c1-11(2)7-9-19-10-8-15-14-16-12-5-3-4-6-13(12)17-18-14/h3-6,11H,7-10H2,1-2H3,(H,15,16,18). The normalized spacial score (nSPS) is 11.1. The second-order valence-electron chi connectivity index (χ2n) is 4.85. The van der Waals surface area contributed by atoms with E-state index in [0.29, 0.717) is 25.0 Å². The smallest absolute Gasteiger partial charge is 0.243 e. The van der Waals surface area contributed by atoms with Gasteiger partial charge in [-0.05, 0) is 24.5 Å². The van der Waals surface area contributed by atoms with Gasteiger partial charge in [0, 0.05) is 13.2 Å². The van der Waals surface area contributed by atoms with Crippen molar-refractivity contribution in [3.8, 4) is 0 Å². The lowest BCUT2D eigenvalue weighted by atomic mass is 10.1. The van der Waals surface area contributed by atoms with Crippen LogP contribution in [0, 0.1) is 5.92 Å². The van der Waals surface area contributed by atoms with Crippen LogP contribution in [0.15, 0.2) is 24.3 Å². The van der Waals surface area contributed by atoms with Crippen molar-refractivity contribution in [2.24, 2.45) is 5.92 Å². The summed E-state index contributed by atoms with van der Waals surface area (Å²) in [6.07, 6.45) is 1.09. The van der Waals surface area contributed by atoms with Crippen LogP contribution in [0.1, 0.15) is 20.3 Å². The number of rotatable bonds is 7. The molecule has 1 aromatic heterocycles. The van der Waals surface area contributed by atoms with Crippen molar-refractivity contribution in [3.63, 3.8) is 0 Å². The van der Waals surface area contributed by atoms with Gasteiger partial charge in [-0.1, -0.05) is 26.0 Å². The number of anilines is 1. The number of nitrogens with zero attached hydrogens (tertiary/aromatic N) is 3. The van der Waals surface area contributed by atoms with Gasteiger partial charge in [-0.25, -0.2) is 4.98 Å². The van der Waals surface area contributed by atoms with E-state index < -0.39 is 0 Å². The fourth-order valence-corrected chi connectivity index (χ4v) is 1.61. The van der Waals surface area contributed by atoms with E-state index in [1.807, 2.05) is 24.3 Å². The molecule has 102 valence electrons. The average Bonchev–Trinajstić information content (AvgIpc) is 2.42. The predicted octanol–water partition coefficient (Wildman–Crippen LogP) is 2.50. The van der Waals surface area contributed by atoms with Crippen LogP contribution >= 0.6 is 0 Å². The molecule has 0 radical (unpaired) electrons. The third kappa shape index (κ3) is 4.44. The summed E-state index contributed by atoms with van der Waals surface area (Å²) in [5.74, 6) is 1.23. The second-order valence-corrected chi connectivity index (χ2v) is 4.85. The van der Waals surface area contributed by atoms with E-state index >= 15 is 0 Å². The van der Waals surface area contributed by atoms with Crippen molar-refractivity contribution in [3.05, 3.63) is 24.3 Å². The Labute approximate surface area is 113 Å². The zero-order chi connectivity index (χ0) is 13.5. The van der Waals surface area contributed by atoms with E-state index in [-0.39, 0.29) is 0 Å². The van der Waals surface area contributed by atoms with Gasteiger partial charge >= 0.3 is 0 Å². The minimum Gasteiger partial charge on any atom is -0.380 e. The summed E-state index contributed by atoms with van der Waals surface area (Å²) in [6.45, 7) is 6.53. The van der Waals surface area contributed by atoms with E-state index in [2.05, 4.69) is 34.3 Å². The lowest BCUT2D eigenvalue weighted by Crippen LogP contribution is -2.13. The van der Waals surface area contributed by atoms with Gasteiger partial charge in [-0.3, -0.25) is 0 Å². The van der Waals surface area contributed by atoms with Crippen LogP contribution in [-0.4, -0.2) is 34.9 Å². The van der Waals surface area contributed by atoms with Gasteiger partial charge in [-0.15, -0.1) is 10.2 Å². The highest BCUT2D eigenvalue weighted by Crippen LogP contribution is 2.08. The van der Waals surface area contributed by atoms with Crippen LogP contribution in [0.5, 0.6) is 0 Å². The number of nitrogens with one attached hydrogen (secondary N) is 1. The molecule has 0 aliphatic rings. The highest BCUT2D eigenvalue weighted by Gasteiger charge is 2.00. The molecule has 0 aliphatic carbocycles. The summed E-state index contributed by atoms with van der Waals surface area (Å²) in [6, 6.07) is 7.69. The minimum atomic E-state index is 0.547. The lowest BCUT2D eigenvalue weighted by molar-refractivity contribution is 0.132. The van der Waals surface area contributed by atoms with Crippen LogP contribution in [0.4, 0.5) is 5.95 Å². The third-order valence-corrected chi connectivity index (χ3v) is 2.73. The van der Waals surface area contributed by atoms with Crippen molar-refractivity contribution in [2.45, 2.75) is 20.3 Å². The summed E-state index contributed by atoms with van der Waals surface area (Å²) in [4.78, 5) is 4.38. The summed E-state index contributed by atoms with van der Waals surface area (Å²) in [5.41, 5.74) is 1.65. The fraction of sp³-hybridized carbons (Fsp3) is 0.500. The van der Waals surface area contributed by atoms with E-state index in [0.717, 1.165) is 24.1 Å². The average molecular weight is 260 g/mol. The molecule has 2 rings (SSSR count). The summed E-state index contributed by atoms with van der Waals surface area (Å²) in [7, 11) is 0. The monoisotopic (exact) mass is 260 g/mol. The van der Waals surface area contributed by atoms with Gasteiger partial charge in [0.05, 0.1) is 12.1 Å². The summed E-state index contributed by atoms with van der Waals surface area (Å²) in [5, 5.41) is 11.2. The molecule has 0 unspecified atom stereocenters. The van der Waals surface area contributed by atoms with Gasteiger partial charge in [0.15, 0.2) is 0 Å². The summed E-state index contributed by atoms with van der Waals surface area (Å²) < 4.78 is 5.52. The van der Waals surface area contributed by atoms with Crippen LogP contribution in [-0.2, 0) is 4.74 Å². The van der Waals surface area contributed by atoms with Crippen molar-refractivity contribution in [1.82, 2.24) is 15.2 Å². The number of hydrogen-bond acceptors (Lipinski definition) is 5. The van der Waals surface area contributed by atoms with Crippen molar-refractivity contribution in [2.75, 3.05) is 25.1 Å². The van der Waals surface area contributed by atoms with Crippen LogP contribution in [0.25, 0.3) is 11.0 Å². The van der Waals surface area contributed by atoms with Crippen LogP contribution in [0.2, 0.25) is 0 Å². The van der Waals surface area contributed by atoms with E-state index in [9.17, 15) is 0 Å². The Morgan fingerprint density at radius 1 is 1.11 bits per heavy atom. The Hall–Kier alpha value is -1.75. The van der Waals surface area contributed by atoms with E-state index in [1.54, 1.807) is 0 Å². The zero-order valence-corrected chi connectivity index (χ0v) is 11.5. The molecule has 0 fully saturated rings. The van der Waals surface area contributed by atoms with Crippen molar-refractivity contribution in [1.29, 1.82) is 0 Å². The molecule has 5 nitrogen and oxygen atoms in total. The molecule has 2 aromatic rings. The van der Waals surface area contributed by atoms with Gasteiger partial charge in [0.2, 0.25) is 5.95 Å². The molecule has 0 atom stereocenters. The molecule has 0 saturated carbocycles. The van der Waals surface area contributed by atoms with E-state index in [1.165, 1.54) is 0 Å². The molecular weight excluding hydrogens is 240 g/mol. The molecule has 0 aliphatic heterocycles. The molecule has 0 amide bonds. The number of benzene rings is 1. The minimum absolute atomic E-state index is 0.547. The second kappa shape index (κ2) is 6.99. The fourth-order valence-electron chi connectivity index (χ4n) is 1.61. The van der Waals surface area contributed by atoms with Crippen molar-refractivity contribution < 1.29 is 4.74 Å². The molecule has 19 heavy (non-hydrogen) atoms. The van der Waals surface area contributed by atoms with Gasteiger partial charge in [-0.2, -0.15) is 0 Å². The molecule has 0 spiro atoms. The Balaban J connectivity index is 1.75. The van der Waals surface area contributed by atoms with Gasteiger partial charge in [0.25, 0.3) is 0 Å². The predicted molar refractivity (Wildman–Crippen MR) is 76.1 cm³/mol. The molecule has 0 bridgehead atoms. The van der Waals surface area contributed by atoms with Gasteiger partial charge < -0.3 is 10.1 Å². The highest BCUT2D eigenvalue weighted by atomic mass is 16.5. The van der Waals surface area contributed by atoms with Crippen LogP contribution in [0.3, 0.4) is 0 Å². The first-order valence-electron chi connectivity index (χ1n) is 6.67. The molecule has 5 heteroatoms. The maximum absolute atomic E-state index is 5.52. The lowest BCUT2D eigenvalue weighted by Gasteiger charge is -2.07. The number of para-hydroxylation sites is 1. The largest absolute Gasteiger partial charge is 0.380 e. The highest BCUT2D eigenvalue weighted by molar-refractivity contribution is 5.73. The van der Waals surface area contributed by atoms with Crippen LogP contribution < -0.4 is 5.32 Å². The maximum Gasteiger partial charge on any atom is 0.243 e. The van der Waals surface area contributed by atoms with Crippen molar-refractivity contribution >= 4 is 17.0 Å². The molecular formula is C14H20N4O. The first-order valence-corrected chi connectivity index (χ1v) is 6.67. The summed E-state index contributed by atoms with van der Waals surface area (Å²) >= 11 is 0. The number of aromatic nitrogens is 3. The molecule has 1 aromatic carbocycles. The molecule has 1 N–H and O–H groups in total. The SMILES string of the molecule is CC(C)CCOCCNc1nnc2ccccc2n1. The Kier molecular flexibility index (Phi) is 5.03. The quantitative estimate of drug-likeness (QED) is 0.775. The number of hydrogen-bond donors (Lipinski definition) is 1. The third-order valence-electron chi connectivity index (χ3n) is 2.73. The first-order chi connectivity index (χ1) is 9.25. The first kappa shape index (κ1) is 13.7. The Bertz CT molecular complexity index is 516. The Morgan fingerprint density at radius 3 is 2.68 bits per heavy atom. The van der Waals surface area contributed by atoms with Gasteiger partial charge in [0.1, 0.15) is 5.52 Å².